The molecule has 0 aliphatic heterocycles. The molecular formula is C20H24N2O2S. The van der Waals surface area contributed by atoms with Crippen molar-refractivity contribution < 1.29 is 9.53 Å². The average molecular weight is 356 g/mol. The van der Waals surface area contributed by atoms with E-state index in [-0.39, 0.29) is 11.6 Å². The molecule has 0 spiro atoms. The number of rotatable bonds is 7. The van der Waals surface area contributed by atoms with E-state index in [1.165, 1.54) is 5.56 Å². The van der Waals surface area contributed by atoms with Crippen molar-refractivity contribution in [3.05, 3.63) is 52.8 Å². The minimum Gasteiger partial charge on any atom is -0.455 e. The number of benzene rings is 1. The van der Waals surface area contributed by atoms with Crippen LogP contribution >= 0.6 is 12.2 Å². The number of hydrogen-bond donors (Lipinski definition) is 1. The second-order valence-corrected chi connectivity index (χ2v) is 6.66. The van der Waals surface area contributed by atoms with E-state index in [0.717, 1.165) is 36.1 Å². The van der Waals surface area contributed by atoms with Crippen molar-refractivity contribution in [1.82, 2.24) is 4.98 Å². The quantitative estimate of drug-likeness (QED) is 0.596. The summed E-state index contributed by atoms with van der Waals surface area (Å²) in [5.74, 6) is -0.449. The second-order valence-electron chi connectivity index (χ2n) is 6.13. The maximum absolute atomic E-state index is 12.6. The topological polar surface area (TPSA) is 65.2 Å². The molecule has 0 fully saturated rings. The number of aromatic nitrogens is 1. The summed E-state index contributed by atoms with van der Waals surface area (Å²) in [6, 6.07) is 10.1. The molecule has 4 nitrogen and oxygen atoms in total. The van der Waals surface area contributed by atoms with Gasteiger partial charge in [-0.25, -0.2) is 4.79 Å². The first kappa shape index (κ1) is 19.1. The Balaban J connectivity index is 2.50. The number of ether oxygens (including phenoxy) is 1. The van der Waals surface area contributed by atoms with Crippen LogP contribution in [0, 0.1) is 13.8 Å². The Bertz CT molecular complexity index is 770. The number of nitrogens with zero attached hydrogens (tertiary/aromatic N) is 1. The fraction of sp³-hybridized carbons (Fsp3) is 0.350. The molecule has 0 saturated heterocycles. The number of esters is 1. The molecule has 1 heterocycles. The van der Waals surface area contributed by atoms with Crippen LogP contribution in [0.3, 0.4) is 0 Å². The smallest absolute Gasteiger partial charge is 0.341 e. The molecule has 0 saturated carbocycles. The van der Waals surface area contributed by atoms with Gasteiger partial charge in [-0.05, 0) is 43.9 Å². The largest absolute Gasteiger partial charge is 0.455 e. The zero-order valence-corrected chi connectivity index (χ0v) is 15.8. The van der Waals surface area contributed by atoms with Crippen LogP contribution in [-0.2, 0) is 11.2 Å². The van der Waals surface area contributed by atoms with E-state index in [1.54, 1.807) is 0 Å². The molecule has 2 aromatic rings. The summed E-state index contributed by atoms with van der Waals surface area (Å²) < 4.78 is 5.23. The summed E-state index contributed by atoms with van der Waals surface area (Å²) in [5, 5.41) is 0. The summed E-state index contributed by atoms with van der Waals surface area (Å²) in [6.07, 6.45) is 3.04. The Labute approximate surface area is 154 Å². The third kappa shape index (κ3) is 5.10. The Morgan fingerprint density at radius 1 is 1.24 bits per heavy atom. The van der Waals surface area contributed by atoms with Gasteiger partial charge in [0.05, 0.1) is 11.3 Å². The fourth-order valence-corrected chi connectivity index (χ4v) is 2.71. The summed E-state index contributed by atoms with van der Waals surface area (Å²) >= 11 is 4.79. The summed E-state index contributed by atoms with van der Waals surface area (Å²) in [4.78, 5) is 17.3. The maximum Gasteiger partial charge on any atom is 0.341 e. The predicted octanol–water partition coefficient (Wildman–Crippen LogP) is 4.15. The van der Waals surface area contributed by atoms with E-state index in [9.17, 15) is 4.79 Å². The first-order chi connectivity index (χ1) is 11.9. The fourth-order valence-electron chi connectivity index (χ4n) is 2.65. The molecule has 0 radical (unpaired) electrons. The van der Waals surface area contributed by atoms with Crippen LogP contribution in [0.5, 0.6) is 0 Å². The molecule has 5 heteroatoms. The van der Waals surface area contributed by atoms with E-state index in [4.69, 9.17) is 22.7 Å². The Hall–Kier alpha value is -2.27. The van der Waals surface area contributed by atoms with Crippen LogP contribution in [0.4, 0.5) is 0 Å². The number of thiocarbonyl (C=S) groups is 1. The lowest BCUT2D eigenvalue weighted by molar-refractivity contribution is 0.0564. The molecule has 0 atom stereocenters. The number of aryl methyl sites for hydroxylation is 3. The van der Waals surface area contributed by atoms with Crippen LogP contribution in [0.25, 0.3) is 11.1 Å². The van der Waals surface area contributed by atoms with Gasteiger partial charge in [0.1, 0.15) is 11.6 Å². The third-order valence-electron chi connectivity index (χ3n) is 3.95. The highest BCUT2D eigenvalue weighted by atomic mass is 32.1. The van der Waals surface area contributed by atoms with Gasteiger partial charge in [0.25, 0.3) is 0 Å². The molecule has 0 amide bonds. The van der Waals surface area contributed by atoms with Crippen molar-refractivity contribution in [1.29, 1.82) is 0 Å². The highest BCUT2D eigenvalue weighted by molar-refractivity contribution is 7.80. The molecular weight excluding hydrogens is 332 g/mol. The number of nitrogens with two attached hydrogens (primary N) is 1. The number of carbonyl (C=O) groups is 1. The van der Waals surface area contributed by atoms with Gasteiger partial charge in [-0.1, -0.05) is 55.4 Å². The molecule has 1 aromatic carbocycles. The first-order valence-electron chi connectivity index (χ1n) is 8.45. The molecule has 25 heavy (non-hydrogen) atoms. The lowest BCUT2D eigenvalue weighted by Crippen LogP contribution is -2.20. The Morgan fingerprint density at radius 2 is 1.92 bits per heavy atom. The monoisotopic (exact) mass is 356 g/mol. The van der Waals surface area contributed by atoms with Gasteiger partial charge in [-0.3, -0.25) is 4.98 Å². The van der Waals surface area contributed by atoms with Crippen molar-refractivity contribution in [2.45, 2.75) is 40.0 Å². The SMILES string of the molecule is CCCCc1cc(-c2ccc(C)cc2)c(C(=O)OCC(N)=S)c(C)n1. The maximum atomic E-state index is 12.6. The van der Waals surface area contributed by atoms with Crippen LogP contribution in [-0.4, -0.2) is 22.5 Å². The summed E-state index contributed by atoms with van der Waals surface area (Å²) in [6.45, 7) is 5.95. The molecule has 0 unspecified atom stereocenters. The van der Waals surface area contributed by atoms with E-state index in [1.807, 2.05) is 44.2 Å². The van der Waals surface area contributed by atoms with Crippen molar-refractivity contribution in [2.75, 3.05) is 6.61 Å². The molecule has 2 rings (SSSR count). The van der Waals surface area contributed by atoms with E-state index >= 15 is 0 Å². The van der Waals surface area contributed by atoms with Gasteiger partial charge in [-0.2, -0.15) is 0 Å². The molecule has 132 valence electrons. The normalized spacial score (nSPS) is 10.5. The molecule has 0 aliphatic carbocycles. The van der Waals surface area contributed by atoms with Gasteiger partial charge in [0, 0.05) is 5.69 Å². The minimum atomic E-state index is -0.449. The zero-order valence-electron chi connectivity index (χ0n) is 15.0. The van der Waals surface area contributed by atoms with Crippen LogP contribution < -0.4 is 5.73 Å². The highest BCUT2D eigenvalue weighted by Gasteiger charge is 2.20. The van der Waals surface area contributed by atoms with Crippen molar-refractivity contribution >= 4 is 23.2 Å². The second kappa shape index (κ2) is 8.72. The molecule has 0 aliphatic rings. The van der Waals surface area contributed by atoms with E-state index in [0.29, 0.717) is 11.3 Å². The highest BCUT2D eigenvalue weighted by Crippen LogP contribution is 2.28. The van der Waals surface area contributed by atoms with Crippen LogP contribution in [0.15, 0.2) is 30.3 Å². The van der Waals surface area contributed by atoms with Crippen molar-refractivity contribution in [3.8, 4) is 11.1 Å². The molecule has 2 N–H and O–H groups in total. The first-order valence-corrected chi connectivity index (χ1v) is 8.86. The van der Waals surface area contributed by atoms with Gasteiger partial charge < -0.3 is 10.5 Å². The number of carbonyl (C=O) groups excluding carboxylic acids is 1. The predicted molar refractivity (Wildman–Crippen MR) is 105 cm³/mol. The Morgan fingerprint density at radius 3 is 2.52 bits per heavy atom. The third-order valence-corrected chi connectivity index (χ3v) is 4.07. The number of hydrogen-bond acceptors (Lipinski definition) is 4. The zero-order chi connectivity index (χ0) is 18.4. The standard InChI is InChI=1S/C20H24N2O2S/c1-4-5-6-16-11-17(15-9-7-13(2)8-10-15)19(14(3)22-16)20(23)24-12-18(21)25/h7-11H,4-6,12H2,1-3H3,(H2,21,25). The van der Waals surface area contributed by atoms with Crippen molar-refractivity contribution in [3.63, 3.8) is 0 Å². The minimum absolute atomic E-state index is 0.0709. The number of pyridine rings is 1. The lowest BCUT2D eigenvalue weighted by Gasteiger charge is -2.14. The molecule has 0 bridgehead atoms. The van der Waals surface area contributed by atoms with Gasteiger partial charge in [0.15, 0.2) is 0 Å². The van der Waals surface area contributed by atoms with Crippen LogP contribution in [0.2, 0.25) is 0 Å². The van der Waals surface area contributed by atoms with E-state index < -0.39 is 5.97 Å². The summed E-state index contributed by atoms with van der Waals surface area (Å²) in [7, 11) is 0. The van der Waals surface area contributed by atoms with Gasteiger partial charge in [-0.15, -0.1) is 0 Å². The number of unbranched alkanes of at least 4 members (excludes halogenated alkanes) is 1. The Kier molecular flexibility index (Phi) is 6.65. The van der Waals surface area contributed by atoms with Gasteiger partial charge in [0.2, 0.25) is 0 Å². The lowest BCUT2D eigenvalue weighted by atomic mass is 9.96. The van der Waals surface area contributed by atoms with Crippen LogP contribution in [0.1, 0.15) is 47.1 Å². The summed E-state index contributed by atoms with van der Waals surface area (Å²) in [5.41, 5.74) is 10.5. The van der Waals surface area contributed by atoms with E-state index in [2.05, 4.69) is 11.9 Å². The molecule has 1 aromatic heterocycles. The average Bonchev–Trinajstić information content (AvgIpc) is 2.58. The van der Waals surface area contributed by atoms with Crippen molar-refractivity contribution in [2.24, 2.45) is 5.73 Å². The van der Waals surface area contributed by atoms with Gasteiger partial charge >= 0.3 is 5.97 Å².